The third-order valence-corrected chi connectivity index (χ3v) is 3.97. The molecule has 2 N–H and O–H groups in total. The topological polar surface area (TPSA) is 96.9 Å². The lowest BCUT2D eigenvalue weighted by Gasteiger charge is -2.11. The van der Waals surface area contributed by atoms with E-state index < -0.39 is 11.8 Å². The molecule has 2 amide bonds. The lowest BCUT2D eigenvalue weighted by Crippen LogP contribution is -2.19. The van der Waals surface area contributed by atoms with E-state index >= 15 is 0 Å². The van der Waals surface area contributed by atoms with Crippen LogP contribution in [0.3, 0.4) is 0 Å². The summed E-state index contributed by atoms with van der Waals surface area (Å²) in [7, 11) is 0. The van der Waals surface area contributed by atoms with Gasteiger partial charge in [-0.3, -0.25) is 9.59 Å². The van der Waals surface area contributed by atoms with Crippen LogP contribution >= 0.6 is 34.8 Å². The van der Waals surface area contributed by atoms with Crippen molar-refractivity contribution in [3.8, 4) is 0 Å². The average Bonchev–Trinajstić information content (AvgIpc) is 2.65. The number of hydrogen-bond donors (Lipinski definition) is 2. The molecule has 0 unspecified atom stereocenters. The number of carbonyl (C=O) groups excluding carboxylic acids is 2. The third-order valence-electron chi connectivity index (χ3n) is 3.31. The zero-order chi connectivity index (χ0) is 19.4. The van der Waals surface area contributed by atoms with Crippen LogP contribution in [0.25, 0.3) is 0 Å². The number of rotatable bonds is 4. The molecular weight excluding hydrogens is 413 g/mol. The predicted octanol–water partition coefficient (Wildman–Crippen LogP) is 4.34. The Bertz CT molecular complexity index is 994. The molecule has 2 heterocycles. The molecule has 1 aromatic carbocycles. The van der Waals surface area contributed by atoms with Crippen molar-refractivity contribution in [1.29, 1.82) is 0 Å². The monoisotopic (exact) mass is 421 g/mol. The minimum absolute atomic E-state index is 0.0417. The van der Waals surface area contributed by atoms with Gasteiger partial charge in [-0.05, 0) is 42.5 Å². The molecular formula is C17H10Cl3N5O2. The molecule has 0 bridgehead atoms. The van der Waals surface area contributed by atoms with Crippen LogP contribution in [0.2, 0.25) is 15.2 Å². The maximum Gasteiger partial charge on any atom is 0.276 e. The molecule has 136 valence electrons. The van der Waals surface area contributed by atoms with E-state index in [4.69, 9.17) is 34.8 Å². The van der Waals surface area contributed by atoms with Crippen molar-refractivity contribution in [2.45, 2.75) is 0 Å². The van der Waals surface area contributed by atoms with Gasteiger partial charge in [-0.25, -0.2) is 4.98 Å². The Morgan fingerprint density at radius 3 is 2.26 bits per heavy atom. The van der Waals surface area contributed by atoms with E-state index in [1.807, 2.05) is 0 Å². The van der Waals surface area contributed by atoms with Crippen LogP contribution in [0.15, 0.2) is 48.7 Å². The maximum absolute atomic E-state index is 12.6. The predicted molar refractivity (Wildman–Crippen MR) is 104 cm³/mol. The molecule has 2 aromatic heterocycles. The summed E-state index contributed by atoms with van der Waals surface area (Å²) in [6.07, 6.45) is 1.40. The van der Waals surface area contributed by atoms with E-state index in [2.05, 4.69) is 25.8 Å². The van der Waals surface area contributed by atoms with E-state index in [0.29, 0.717) is 15.9 Å². The fraction of sp³-hybridized carbons (Fsp3) is 0. The molecule has 0 saturated carbocycles. The van der Waals surface area contributed by atoms with Gasteiger partial charge in [0.25, 0.3) is 11.8 Å². The Morgan fingerprint density at radius 1 is 0.815 bits per heavy atom. The number of nitrogens with one attached hydrogen (secondary N) is 2. The smallest absolute Gasteiger partial charge is 0.276 e. The Kier molecular flexibility index (Phi) is 5.85. The van der Waals surface area contributed by atoms with Crippen LogP contribution in [0.1, 0.15) is 20.8 Å². The highest BCUT2D eigenvalue weighted by Crippen LogP contribution is 2.23. The van der Waals surface area contributed by atoms with Crippen molar-refractivity contribution in [2.75, 3.05) is 10.6 Å². The minimum Gasteiger partial charge on any atom is -0.320 e. The quantitative estimate of drug-likeness (QED) is 0.652. The number of carbonyl (C=O) groups is 2. The van der Waals surface area contributed by atoms with Crippen molar-refractivity contribution in [3.63, 3.8) is 0 Å². The van der Waals surface area contributed by atoms with Crippen molar-refractivity contribution in [3.05, 3.63) is 75.1 Å². The lowest BCUT2D eigenvalue weighted by molar-refractivity contribution is 0.102. The van der Waals surface area contributed by atoms with Crippen molar-refractivity contribution in [2.24, 2.45) is 0 Å². The summed E-state index contributed by atoms with van der Waals surface area (Å²) in [6, 6.07) is 10.5. The van der Waals surface area contributed by atoms with Gasteiger partial charge in [0.05, 0.1) is 16.3 Å². The largest absolute Gasteiger partial charge is 0.320 e. The third kappa shape index (κ3) is 4.91. The van der Waals surface area contributed by atoms with Crippen molar-refractivity contribution >= 4 is 58.1 Å². The summed E-state index contributed by atoms with van der Waals surface area (Å²) in [6.45, 7) is 0. The summed E-state index contributed by atoms with van der Waals surface area (Å²) in [5, 5.41) is 13.4. The number of anilines is 2. The lowest BCUT2D eigenvalue weighted by atomic mass is 10.1. The summed E-state index contributed by atoms with van der Waals surface area (Å²) in [4.78, 5) is 28.9. The molecule has 0 spiro atoms. The molecule has 0 aliphatic heterocycles. The van der Waals surface area contributed by atoms with E-state index in [1.54, 1.807) is 18.2 Å². The van der Waals surface area contributed by atoms with Gasteiger partial charge in [-0.1, -0.05) is 34.8 Å². The molecule has 0 radical (unpaired) electrons. The second kappa shape index (κ2) is 8.30. The number of nitrogens with zero attached hydrogens (tertiary/aromatic N) is 3. The number of amides is 2. The number of hydrogen-bond acceptors (Lipinski definition) is 5. The SMILES string of the molecule is O=C(Nc1ccc(Cl)cc1C(=O)Nc1ccc(Cl)cn1)c1ccc(Cl)nn1. The molecule has 0 atom stereocenters. The van der Waals surface area contributed by atoms with Gasteiger partial charge in [0.1, 0.15) is 5.82 Å². The van der Waals surface area contributed by atoms with Crippen LogP contribution in [0.5, 0.6) is 0 Å². The van der Waals surface area contributed by atoms with Gasteiger partial charge in [0.15, 0.2) is 10.8 Å². The molecule has 0 saturated heterocycles. The van der Waals surface area contributed by atoms with Gasteiger partial charge in [0, 0.05) is 11.2 Å². The van der Waals surface area contributed by atoms with E-state index in [-0.39, 0.29) is 22.1 Å². The van der Waals surface area contributed by atoms with Crippen LogP contribution in [0, 0.1) is 0 Å². The Hall–Kier alpha value is -2.74. The first-order valence-corrected chi connectivity index (χ1v) is 8.59. The Labute approximate surface area is 168 Å². The molecule has 0 fully saturated rings. The maximum atomic E-state index is 12.6. The van der Waals surface area contributed by atoms with Crippen molar-refractivity contribution < 1.29 is 9.59 Å². The summed E-state index contributed by atoms with van der Waals surface area (Å²) in [5.74, 6) is -0.768. The molecule has 3 rings (SSSR count). The standard InChI is InChI=1S/C17H10Cl3N5O2/c18-9-1-3-12(22-17(27)13-4-5-14(20)25-24-13)11(7-9)16(26)23-15-6-2-10(19)8-21-15/h1-8H,(H,22,27)(H,21,23,26). The molecule has 10 heteroatoms. The average molecular weight is 423 g/mol. The summed E-state index contributed by atoms with van der Waals surface area (Å²) >= 11 is 17.4. The highest BCUT2D eigenvalue weighted by Gasteiger charge is 2.17. The number of aromatic nitrogens is 3. The number of pyridine rings is 1. The van der Waals surface area contributed by atoms with Crippen LogP contribution in [-0.4, -0.2) is 27.0 Å². The fourth-order valence-corrected chi connectivity index (χ4v) is 2.45. The highest BCUT2D eigenvalue weighted by atomic mass is 35.5. The normalized spacial score (nSPS) is 10.3. The Balaban J connectivity index is 1.83. The molecule has 0 aliphatic carbocycles. The highest BCUT2D eigenvalue weighted by molar-refractivity contribution is 6.31. The van der Waals surface area contributed by atoms with Crippen LogP contribution in [-0.2, 0) is 0 Å². The van der Waals surface area contributed by atoms with Crippen LogP contribution < -0.4 is 10.6 Å². The van der Waals surface area contributed by atoms with Gasteiger partial charge >= 0.3 is 0 Å². The second-order valence-corrected chi connectivity index (χ2v) is 6.46. The van der Waals surface area contributed by atoms with Gasteiger partial charge in [-0.2, -0.15) is 0 Å². The zero-order valence-corrected chi connectivity index (χ0v) is 15.7. The Morgan fingerprint density at radius 2 is 1.59 bits per heavy atom. The van der Waals surface area contributed by atoms with E-state index in [9.17, 15) is 9.59 Å². The van der Waals surface area contributed by atoms with Crippen molar-refractivity contribution in [1.82, 2.24) is 15.2 Å². The van der Waals surface area contributed by atoms with Gasteiger partial charge in [0.2, 0.25) is 0 Å². The minimum atomic E-state index is -0.555. The first-order chi connectivity index (χ1) is 12.9. The molecule has 27 heavy (non-hydrogen) atoms. The first-order valence-electron chi connectivity index (χ1n) is 7.45. The zero-order valence-electron chi connectivity index (χ0n) is 13.4. The summed E-state index contributed by atoms with van der Waals surface area (Å²) < 4.78 is 0. The molecule has 3 aromatic rings. The van der Waals surface area contributed by atoms with Crippen LogP contribution in [0.4, 0.5) is 11.5 Å². The second-order valence-electron chi connectivity index (χ2n) is 5.20. The van der Waals surface area contributed by atoms with E-state index in [1.165, 1.54) is 30.5 Å². The number of benzene rings is 1. The first kappa shape index (κ1) is 19.0. The van der Waals surface area contributed by atoms with E-state index in [0.717, 1.165) is 0 Å². The molecule has 0 aliphatic rings. The summed E-state index contributed by atoms with van der Waals surface area (Å²) in [5.41, 5.74) is 0.433. The fourth-order valence-electron chi connectivity index (χ4n) is 2.07. The molecule has 7 nitrogen and oxygen atoms in total. The van der Waals surface area contributed by atoms with Gasteiger partial charge in [-0.15, -0.1) is 10.2 Å². The number of halogens is 3. The van der Waals surface area contributed by atoms with Gasteiger partial charge < -0.3 is 10.6 Å².